The van der Waals surface area contributed by atoms with Gasteiger partial charge in [0.15, 0.2) is 0 Å². The van der Waals surface area contributed by atoms with E-state index in [0.717, 1.165) is 31.9 Å². The number of aryl methyl sites for hydroxylation is 2. The van der Waals surface area contributed by atoms with E-state index in [4.69, 9.17) is 0 Å². The van der Waals surface area contributed by atoms with Crippen molar-refractivity contribution >= 4 is 11.6 Å². The van der Waals surface area contributed by atoms with Gasteiger partial charge in [0.25, 0.3) is 5.91 Å². The quantitative estimate of drug-likeness (QED) is 0.553. The molecule has 0 aromatic heterocycles. The fraction of sp³-hybridized carbons (Fsp3) is 0.533. The molecule has 0 radical (unpaired) electrons. The van der Waals surface area contributed by atoms with Crippen LogP contribution in [-0.4, -0.2) is 39.1 Å². The molecule has 0 unspecified atom stereocenters. The fourth-order valence-corrected chi connectivity index (χ4v) is 2.89. The molecule has 0 aliphatic carbocycles. The van der Waals surface area contributed by atoms with Crippen molar-refractivity contribution in [1.82, 2.24) is 0 Å². The van der Waals surface area contributed by atoms with Crippen LogP contribution in [0.1, 0.15) is 18.1 Å². The molecular weight excluding hydrogens is 309 g/mol. The lowest BCUT2D eigenvalue weighted by molar-refractivity contribution is -1.00. The summed E-state index contributed by atoms with van der Waals surface area (Å²) in [6.07, 6.45) is 0. The van der Waals surface area contributed by atoms with E-state index in [1.165, 1.54) is 16.1 Å². The Hall–Kier alpha value is -0.810. The van der Waals surface area contributed by atoms with Crippen molar-refractivity contribution in [2.24, 2.45) is 0 Å². The van der Waals surface area contributed by atoms with Crippen LogP contribution in [0.4, 0.5) is 5.69 Å². The minimum atomic E-state index is 0. The third-order valence-corrected chi connectivity index (χ3v) is 3.97. The van der Waals surface area contributed by atoms with E-state index in [1.807, 2.05) is 5.01 Å². The SMILES string of the molecule is CC(=O)N(c1c(C)cccc1C)[NH+]1CC[NH+](C)CC1.[Cl-].[Cl-]. The molecule has 0 atom stereocenters. The predicted molar refractivity (Wildman–Crippen MR) is 76.4 cm³/mol. The van der Waals surface area contributed by atoms with Gasteiger partial charge in [-0.05, 0) is 25.0 Å². The average Bonchev–Trinajstić information content (AvgIpc) is 2.35. The first kappa shape index (κ1) is 20.2. The van der Waals surface area contributed by atoms with E-state index in [-0.39, 0.29) is 30.7 Å². The second-order valence-electron chi connectivity index (χ2n) is 5.62. The largest absolute Gasteiger partial charge is 1.00 e. The van der Waals surface area contributed by atoms with Crippen LogP contribution in [0.15, 0.2) is 18.2 Å². The van der Waals surface area contributed by atoms with Crippen LogP contribution in [0, 0.1) is 13.8 Å². The summed E-state index contributed by atoms with van der Waals surface area (Å²) in [5.41, 5.74) is 3.44. The number of nitrogens with one attached hydrogen (secondary N) is 2. The number of nitrogens with zero attached hydrogens (tertiary/aromatic N) is 1. The Bertz CT molecular complexity index is 454. The normalized spacial score (nSPS) is 21.0. The Morgan fingerprint density at radius 3 is 1.95 bits per heavy atom. The van der Waals surface area contributed by atoms with Gasteiger partial charge in [0.05, 0.1) is 7.05 Å². The number of para-hydroxylation sites is 1. The molecule has 1 saturated heterocycles. The number of hydrogen-bond donors (Lipinski definition) is 2. The number of hydrogen-bond acceptors (Lipinski definition) is 1. The van der Waals surface area contributed by atoms with Crippen molar-refractivity contribution in [3.63, 3.8) is 0 Å². The maximum Gasteiger partial charge on any atom is 0.269 e. The molecule has 1 heterocycles. The van der Waals surface area contributed by atoms with Gasteiger partial charge < -0.3 is 29.7 Å². The second-order valence-corrected chi connectivity index (χ2v) is 5.62. The molecular formula is C15H25Cl2N3O. The number of piperazine rings is 1. The van der Waals surface area contributed by atoms with Crippen molar-refractivity contribution in [3.8, 4) is 0 Å². The van der Waals surface area contributed by atoms with Crippen molar-refractivity contribution in [2.75, 3.05) is 38.2 Å². The maximum atomic E-state index is 12.1. The van der Waals surface area contributed by atoms with Crippen molar-refractivity contribution in [3.05, 3.63) is 29.3 Å². The van der Waals surface area contributed by atoms with Gasteiger partial charge in [-0.25, -0.2) is 5.01 Å². The Morgan fingerprint density at radius 2 is 1.52 bits per heavy atom. The number of amides is 1. The molecule has 4 nitrogen and oxygen atoms in total. The van der Waals surface area contributed by atoms with Gasteiger partial charge in [0, 0.05) is 6.92 Å². The highest BCUT2D eigenvalue weighted by atomic mass is 35.5. The summed E-state index contributed by atoms with van der Waals surface area (Å²) in [5, 5.41) is 3.23. The molecule has 2 N–H and O–H groups in total. The molecule has 21 heavy (non-hydrogen) atoms. The van der Waals surface area contributed by atoms with Crippen LogP contribution in [0.3, 0.4) is 0 Å². The van der Waals surface area contributed by atoms with Crippen LogP contribution >= 0.6 is 0 Å². The predicted octanol–water partition coefficient (Wildman–Crippen LogP) is -7.01. The first-order valence-electron chi connectivity index (χ1n) is 7.03. The average molecular weight is 334 g/mol. The van der Waals surface area contributed by atoms with Crippen molar-refractivity contribution in [1.29, 1.82) is 0 Å². The molecule has 1 aliphatic heterocycles. The molecule has 0 bridgehead atoms. The summed E-state index contributed by atoms with van der Waals surface area (Å²) in [5.74, 6) is 0.131. The first-order chi connectivity index (χ1) is 9.00. The Kier molecular flexibility index (Phi) is 8.26. The smallest absolute Gasteiger partial charge is 0.269 e. The Balaban J connectivity index is 0.00000200. The summed E-state index contributed by atoms with van der Waals surface area (Å²) in [6, 6.07) is 6.22. The molecule has 1 aromatic rings. The third kappa shape index (κ3) is 4.58. The number of carbonyl (C=O) groups is 1. The Morgan fingerprint density at radius 1 is 1.05 bits per heavy atom. The standard InChI is InChI=1S/C15H23N3O.2ClH/c1-12-6-5-7-13(2)15(12)18(14(3)19)17-10-8-16(4)9-11-17;;/h5-7H,8-11H2,1-4H3;2*1H. The van der Waals surface area contributed by atoms with Crippen molar-refractivity contribution in [2.45, 2.75) is 20.8 Å². The lowest BCUT2D eigenvalue weighted by Crippen LogP contribution is -3.30. The molecule has 120 valence electrons. The highest BCUT2D eigenvalue weighted by Gasteiger charge is 2.31. The zero-order valence-electron chi connectivity index (χ0n) is 13.2. The summed E-state index contributed by atoms with van der Waals surface area (Å²) in [7, 11) is 2.22. The van der Waals surface area contributed by atoms with E-state index >= 15 is 0 Å². The number of carbonyl (C=O) groups excluding carboxylic acids is 1. The molecule has 1 fully saturated rings. The third-order valence-electron chi connectivity index (χ3n) is 3.97. The minimum absolute atomic E-state index is 0. The second kappa shape index (κ2) is 8.59. The molecule has 1 aromatic carbocycles. The van der Waals surface area contributed by atoms with Crippen molar-refractivity contribution < 1.29 is 39.5 Å². The van der Waals surface area contributed by atoms with Gasteiger partial charge in [0.1, 0.15) is 31.9 Å². The Labute approximate surface area is 139 Å². The lowest BCUT2D eigenvalue weighted by atomic mass is 10.1. The lowest BCUT2D eigenvalue weighted by Gasteiger charge is -2.35. The van der Waals surface area contributed by atoms with Crippen LogP contribution in [-0.2, 0) is 4.79 Å². The molecule has 0 saturated carbocycles. The van der Waals surface area contributed by atoms with Crippen LogP contribution < -0.4 is 39.7 Å². The summed E-state index contributed by atoms with van der Waals surface area (Å²) < 4.78 is 0. The van der Waals surface area contributed by atoms with E-state index in [0.29, 0.717) is 0 Å². The molecule has 0 spiro atoms. The van der Waals surface area contributed by atoms with Gasteiger partial charge >= 0.3 is 0 Å². The molecule has 1 amide bonds. The van der Waals surface area contributed by atoms with E-state index < -0.39 is 0 Å². The number of rotatable bonds is 2. The number of anilines is 1. The number of quaternary nitrogens is 2. The van der Waals surface area contributed by atoms with Gasteiger partial charge in [-0.15, -0.1) is 0 Å². The highest BCUT2D eigenvalue weighted by molar-refractivity contribution is 5.90. The topological polar surface area (TPSA) is 29.2 Å². The zero-order valence-corrected chi connectivity index (χ0v) is 14.7. The number of benzene rings is 1. The van der Waals surface area contributed by atoms with Crippen LogP contribution in [0.25, 0.3) is 0 Å². The monoisotopic (exact) mass is 333 g/mol. The van der Waals surface area contributed by atoms with E-state index in [2.05, 4.69) is 39.1 Å². The summed E-state index contributed by atoms with van der Waals surface area (Å²) in [6.45, 7) is 10.1. The van der Waals surface area contributed by atoms with Crippen LogP contribution in [0.5, 0.6) is 0 Å². The van der Waals surface area contributed by atoms with Gasteiger partial charge in [-0.1, -0.05) is 18.2 Å². The van der Waals surface area contributed by atoms with Gasteiger partial charge in [-0.2, -0.15) is 5.01 Å². The maximum absolute atomic E-state index is 12.1. The summed E-state index contributed by atoms with van der Waals surface area (Å²) >= 11 is 0. The van der Waals surface area contributed by atoms with E-state index in [9.17, 15) is 4.79 Å². The highest BCUT2D eigenvalue weighted by Crippen LogP contribution is 2.22. The molecule has 6 heteroatoms. The number of halogens is 2. The number of likely N-dealkylation sites (N-methyl/N-ethyl adjacent to an activating group) is 1. The minimum Gasteiger partial charge on any atom is -1.00 e. The first-order valence-corrected chi connectivity index (χ1v) is 7.03. The fourth-order valence-electron chi connectivity index (χ4n) is 2.89. The van der Waals surface area contributed by atoms with Gasteiger partial charge in [0.2, 0.25) is 0 Å². The zero-order chi connectivity index (χ0) is 14.0. The molecule has 1 aliphatic rings. The summed E-state index contributed by atoms with van der Waals surface area (Å²) in [4.78, 5) is 13.7. The van der Waals surface area contributed by atoms with Gasteiger partial charge in [-0.3, -0.25) is 4.79 Å². The van der Waals surface area contributed by atoms with Crippen LogP contribution in [0.2, 0.25) is 0 Å². The van der Waals surface area contributed by atoms with E-state index in [1.54, 1.807) is 11.8 Å². The molecule has 2 rings (SSSR count).